The molecule has 0 aliphatic rings. The number of aliphatic hydroxyl groups is 1. The van der Waals surface area contributed by atoms with Crippen LogP contribution in [0, 0.1) is 6.92 Å². The predicted molar refractivity (Wildman–Crippen MR) is 135 cm³/mol. The summed E-state index contributed by atoms with van der Waals surface area (Å²) in [5.74, 6) is 0. The number of aryl methyl sites for hydroxylation is 1. The number of benzene rings is 2. The van der Waals surface area contributed by atoms with E-state index in [0.29, 0.717) is 6.42 Å². The van der Waals surface area contributed by atoms with Crippen molar-refractivity contribution in [2.75, 3.05) is 6.61 Å². The Morgan fingerprint density at radius 1 is 1.06 bits per heavy atom. The number of rotatable bonds is 8. The molecule has 0 bridgehead atoms. The molecule has 0 unspecified atom stereocenters. The first-order valence-corrected chi connectivity index (χ1v) is 13.6. The van der Waals surface area contributed by atoms with Crippen molar-refractivity contribution in [1.29, 1.82) is 0 Å². The lowest BCUT2D eigenvalue weighted by atomic mass is 10.1. The van der Waals surface area contributed by atoms with Crippen LogP contribution in [0.4, 0.5) is 0 Å². The maximum atomic E-state index is 9.89. The van der Waals surface area contributed by atoms with Crippen molar-refractivity contribution in [3.8, 4) is 0 Å². The van der Waals surface area contributed by atoms with Gasteiger partial charge in [0.15, 0.2) is 0 Å². The Morgan fingerprint density at radius 2 is 1.61 bits per heavy atom. The van der Waals surface area contributed by atoms with Gasteiger partial charge in [0.05, 0.1) is 16.8 Å². The van der Waals surface area contributed by atoms with Gasteiger partial charge >= 0.3 is 0 Å². The van der Waals surface area contributed by atoms with Gasteiger partial charge in [0.25, 0.3) is 8.32 Å². The molecule has 3 nitrogen and oxygen atoms in total. The van der Waals surface area contributed by atoms with Crippen molar-refractivity contribution < 1.29 is 9.53 Å². The van der Waals surface area contributed by atoms with Gasteiger partial charge in [-0.05, 0) is 47.3 Å². The molecule has 3 aromatic rings. The van der Waals surface area contributed by atoms with Crippen LogP contribution in [0.15, 0.2) is 71.6 Å². The molecule has 0 saturated heterocycles. The van der Waals surface area contributed by atoms with Crippen LogP contribution in [0.25, 0.3) is 6.08 Å². The number of hydrogen-bond acceptors (Lipinski definition) is 4. The van der Waals surface area contributed by atoms with Crippen LogP contribution < -0.4 is 10.4 Å². The molecule has 0 aliphatic heterocycles. The first-order valence-electron chi connectivity index (χ1n) is 10.8. The lowest BCUT2D eigenvalue weighted by molar-refractivity contribution is 0.171. The highest BCUT2D eigenvalue weighted by atomic mass is 32.1. The van der Waals surface area contributed by atoms with E-state index in [1.807, 2.05) is 6.92 Å². The van der Waals surface area contributed by atoms with Crippen LogP contribution in [-0.4, -0.2) is 31.1 Å². The summed E-state index contributed by atoms with van der Waals surface area (Å²) in [6.07, 6.45) is 2.45. The quantitative estimate of drug-likeness (QED) is 0.480. The molecule has 0 amide bonds. The van der Waals surface area contributed by atoms with Crippen molar-refractivity contribution in [1.82, 2.24) is 4.98 Å². The minimum Gasteiger partial charge on any atom is -0.401 e. The lowest BCUT2D eigenvalue weighted by Gasteiger charge is -2.45. The first kappa shape index (κ1) is 23.6. The van der Waals surface area contributed by atoms with Gasteiger partial charge in [0, 0.05) is 12.0 Å². The summed E-state index contributed by atoms with van der Waals surface area (Å²) in [4.78, 5) is 4.59. The Bertz CT molecular complexity index is 954. The second-order valence-corrected chi connectivity index (χ2v) is 14.3. The Balaban J connectivity index is 2.15. The fourth-order valence-corrected chi connectivity index (χ4v) is 9.49. The van der Waals surface area contributed by atoms with Crippen LogP contribution in [0.5, 0.6) is 0 Å². The van der Waals surface area contributed by atoms with E-state index in [1.165, 1.54) is 10.4 Å². The Hall–Kier alpha value is -2.05. The van der Waals surface area contributed by atoms with E-state index >= 15 is 0 Å². The second-order valence-electron chi connectivity index (χ2n) is 8.96. The van der Waals surface area contributed by atoms with Crippen molar-refractivity contribution >= 4 is 36.1 Å². The number of aliphatic hydroxyl groups excluding tert-OH is 1. The van der Waals surface area contributed by atoms with Crippen LogP contribution in [0.2, 0.25) is 5.04 Å². The summed E-state index contributed by atoms with van der Waals surface area (Å²) in [6, 6.07) is 21.3. The third-order valence-corrected chi connectivity index (χ3v) is 11.5. The zero-order valence-electron chi connectivity index (χ0n) is 19.1. The summed E-state index contributed by atoms with van der Waals surface area (Å²) >= 11 is 1.65. The van der Waals surface area contributed by atoms with Gasteiger partial charge in [-0.25, -0.2) is 4.98 Å². The summed E-state index contributed by atoms with van der Waals surface area (Å²) in [5, 5.41) is 15.4. The zero-order chi connectivity index (χ0) is 22.5. The van der Waals surface area contributed by atoms with Gasteiger partial charge in [0.1, 0.15) is 0 Å². The third kappa shape index (κ3) is 5.24. The van der Waals surface area contributed by atoms with Crippen LogP contribution in [0.3, 0.4) is 0 Å². The molecule has 0 radical (unpaired) electrons. The summed E-state index contributed by atoms with van der Waals surface area (Å²) < 4.78 is 7.24. The van der Waals surface area contributed by atoms with Crippen molar-refractivity contribution in [3.63, 3.8) is 0 Å². The molecule has 5 heteroatoms. The molecule has 1 aromatic heterocycles. The maximum absolute atomic E-state index is 9.89. The standard InChI is InChI=1S/C26H33NO2SSi/c1-20(18-22-19-30-21(2)27-22)25(16-17-28)29-31(26(3,4)5,23-12-8-6-9-13-23)24-14-10-7-11-15-24/h6-15,18-19,25,28H,16-17H2,1-5H3/b20-18+/t25-/m0/s1. The molecule has 164 valence electrons. The normalized spacial score (nSPS) is 13.9. The van der Waals surface area contributed by atoms with E-state index in [9.17, 15) is 5.11 Å². The third-order valence-electron chi connectivity index (χ3n) is 5.65. The minimum atomic E-state index is -2.69. The molecule has 1 heterocycles. The van der Waals surface area contributed by atoms with Gasteiger partial charge < -0.3 is 9.53 Å². The average Bonchev–Trinajstić information content (AvgIpc) is 3.16. The molecule has 0 spiro atoms. The van der Waals surface area contributed by atoms with Gasteiger partial charge in [-0.1, -0.05) is 81.4 Å². The molecular formula is C26H33NO2SSi. The minimum absolute atomic E-state index is 0.0736. The highest BCUT2D eigenvalue weighted by molar-refractivity contribution is 7.09. The fourth-order valence-electron chi connectivity index (χ4n) is 4.17. The van der Waals surface area contributed by atoms with Gasteiger partial charge in [-0.3, -0.25) is 0 Å². The topological polar surface area (TPSA) is 42.4 Å². The van der Waals surface area contributed by atoms with Crippen molar-refractivity contribution in [2.45, 2.75) is 52.2 Å². The first-order chi connectivity index (χ1) is 14.8. The highest BCUT2D eigenvalue weighted by Crippen LogP contribution is 2.38. The molecule has 1 atom stereocenters. The van der Waals surface area contributed by atoms with E-state index in [2.05, 4.69) is 105 Å². The van der Waals surface area contributed by atoms with E-state index < -0.39 is 8.32 Å². The lowest BCUT2D eigenvalue weighted by Crippen LogP contribution is -2.67. The molecule has 0 saturated carbocycles. The van der Waals surface area contributed by atoms with Gasteiger partial charge in [0.2, 0.25) is 0 Å². The van der Waals surface area contributed by atoms with E-state index in [4.69, 9.17) is 4.43 Å². The molecule has 3 rings (SSSR count). The monoisotopic (exact) mass is 451 g/mol. The molecule has 0 aliphatic carbocycles. The SMILES string of the molecule is C/C(=C\c1csc(C)n1)[C@H](CCO)O[Si](c1ccccc1)(c1ccccc1)C(C)(C)C. The van der Waals surface area contributed by atoms with E-state index in [-0.39, 0.29) is 17.7 Å². The number of thiazole rings is 1. The van der Waals surface area contributed by atoms with E-state index in [0.717, 1.165) is 16.3 Å². The zero-order valence-corrected chi connectivity index (χ0v) is 20.9. The van der Waals surface area contributed by atoms with Gasteiger partial charge in [-0.15, -0.1) is 11.3 Å². The number of nitrogens with zero attached hydrogens (tertiary/aromatic N) is 1. The van der Waals surface area contributed by atoms with E-state index in [1.54, 1.807) is 11.3 Å². The highest BCUT2D eigenvalue weighted by Gasteiger charge is 2.51. The van der Waals surface area contributed by atoms with Crippen molar-refractivity contribution in [2.24, 2.45) is 0 Å². The van der Waals surface area contributed by atoms with Crippen LogP contribution in [0.1, 0.15) is 44.8 Å². The average molecular weight is 452 g/mol. The molecule has 1 N–H and O–H groups in total. The Labute approximate surface area is 191 Å². The molecular weight excluding hydrogens is 418 g/mol. The fraction of sp³-hybridized carbons (Fsp3) is 0.346. The smallest absolute Gasteiger partial charge is 0.261 e. The predicted octanol–water partition coefficient (Wildman–Crippen LogP) is 5.18. The van der Waals surface area contributed by atoms with Crippen molar-refractivity contribution in [3.05, 3.63) is 82.3 Å². The van der Waals surface area contributed by atoms with Crippen LogP contribution >= 0.6 is 11.3 Å². The summed E-state index contributed by atoms with van der Waals surface area (Å²) in [5.41, 5.74) is 2.04. The molecule has 2 aromatic carbocycles. The molecule has 0 fully saturated rings. The summed E-state index contributed by atoms with van der Waals surface area (Å²) in [7, 11) is -2.69. The molecule has 31 heavy (non-hydrogen) atoms. The number of aromatic nitrogens is 1. The summed E-state index contributed by atoms with van der Waals surface area (Å²) in [6.45, 7) is 11.0. The second kappa shape index (κ2) is 10.0. The number of hydrogen-bond donors (Lipinski definition) is 1. The Kier molecular flexibility index (Phi) is 7.65. The Morgan fingerprint density at radius 3 is 2.03 bits per heavy atom. The van der Waals surface area contributed by atoms with Crippen LogP contribution in [-0.2, 0) is 4.43 Å². The maximum Gasteiger partial charge on any atom is 0.261 e. The largest absolute Gasteiger partial charge is 0.401 e. The van der Waals surface area contributed by atoms with Gasteiger partial charge in [-0.2, -0.15) is 0 Å².